The molecule has 72 valence electrons. The minimum Gasteiger partial charge on any atom is -0.391 e. The van der Waals surface area contributed by atoms with Crippen molar-refractivity contribution in [1.82, 2.24) is 0 Å². The van der Waals surface area contributed by atoms with Crippen LogP contribution in [-0.4, -0.2) is 0 Å². The number of halogens is 2. The second-order valence-electron chi connectivity index (χ2n) is 2.87. The van der Waals surface area contributed by atoms with Crippen molar-refractivity contribution in [3.05, 3.63) is 40.5 Å². The number of nitrogen functional groups attached to an aromatic ring is 1. The fourth-order valence-corrected chi connectivity index (χ4v) is 1.96. The molecule has 2 aromatic rings. The first kappa shape index (κ1) is 9.49. The van der Waals surface area contributed by atoms with Crippen LogP contribution in [0, 0.1) is 5.82 Å². The van der Waals surface area contributed by atoms with Gasteiger partial charge in [0.2, 0.25) is 0 Å². The molecule has 0 aliphatic rings. The Morgan fingerprint density at radius 3 is 2.57 bits per heavy atom. The molecule has 0 unspecified atom stereocenters. The van der Waals surface area contributed by atoms with Crippen LogP contribution in [0.15, 0.2) is 29.6 Å². The van der Waals surface area contributed by atoms with Crippen LogP contribution in [0.2, 0.25) is 5.02 Å². The maximum absolute atomic E-state index is 13.1. The zero-order valence-corrected chi connectivity index (χ0v) is 8.70. The van der Waals surface area contributed by atoms with Gasteiger partial charge in [-0.3, -0.25) is 0 Å². The average molecular weight is 228 g/mol. The van der Waals surface area contributed by atoms with Crippen LogP contribution in [0.3, 0.4) is 0 Å². The van der Waals surface area contributed by atoms with Crippen LogP contribution in [0.4, 0.5) is 9.39 Å². The lowest BCUT2D eigenvalue weighted by atomic mass is 10.1. The van der Waals surface area contributed by atoms with E-state index in [-0.39, 0.29) is 5.02 Å². The zero-order chi connectivity index (χ0) is 10.1. The Balaban J connectivity index is 2.47. The third-order valence-electron chi connectivity index (χ3n) is 1.87. The van der Waals surface area contributed by atoms with Crippen LogP contribution >= 0.6 is 22.9 Å². The number of hydrogen-bond acceptors (Lipinski definition) is 2. The van der Waals surface area contributed by atoms with Crippen LogP contribution in [0.1, 0.15) is 0 Å². The molecular weight excluding hydrogens is 221 g/mol. The summed E-state index contributed by atoms with van der Waals surface area (Å²) >= 11 is 7.01. The highest BCUT2D eigenvalue weighted by atomic mass is 35.5. The number of rotatable bonds is 1. The molecule has 0 aliphatic heterocycles. The van der Waals surface area contributed by atoms with Crippen LogP contribution in [0.25, 0.3) is 11.1 Å². The lowest BCUT2D eigenvalue weighted by Crippen LogP contribution is -1.80. The van der Waals surface area contributed by atoms with E-state index in [1.807, 2.05) is 11.4 Å². The van der Waals surface area contributed by atoms with E-state index in [9.17, 15) is 4.39 Å². The molecule has 0 aliphatic carbocycles. The lowest BCUT2D eigenvalue weighted by Gasteiger charge is -1.98. The molecule has 2 N–H and O–H groups in total. The number of anilines is 1. The number of thiophene rings is 1. The van der Waals surface area contributed by atoms with Gasteiger partial charge in [0.1, 0.15) is 5.82 Å². The normalized spacial score (nSPS) is 10.4. The van der Waals surface area contributed by atoms with Gasteiger partial charge in [0.25, 0.3) is 0 Å². The molecule has 0 saturated heterocycles. The third-order valence-corrected chi connectivity index (χ3v) is 2.94. The summed E-state index contributed by atoms with van der Waals surface area (Å²) in [5.41, 5.74) is 7.29. The smallest absolute Gasteiger partial charge is 0.142 e. The first-order chi connectivity index (χ1) is 6.66. The minimum atomic E-state index is -0.408. The highest BCUT2D eigenvalue weighted by Gasteiger charge is 2.04. The molecule has 0 bridgehead atoms. The molecular formula is C10H7ClFNS. The summed E-state index contributed by atoms with van der Waals surface area (Å²) in [6.07, 6.45) is 0. The third kappa shape index (κ3) is 1.74. The van der Waals surface area contributed by atoms with E-state index in [0.717, 1.165) is 16.1 Å². The van der Waals surface area contributed by atoms with E-state index in [2.05, 4.69) is 0 Å². The van der Waals surface area contributed by atoms with Crippen molar-refractivity contribution in [3.63, 3.8) is 0 Å². The fraction of sp³-hybridized carbons (Fsp3) is 0. The molecule has 0 saturated carbocycles. The zero-order valence-electron chi connectivity index (χ0n) is 7.13. The van der Waals surface area contributed by atoms with Crippen molar-refractivity contribution < 1.29 is 4.39 Å². The summed E-state index contributed by atoms with van der Waals surface area (Å²) in [4.78, 5) is 0. The van der Waals surface area contributed by atoms with Gasteiger partial charge in [-0.2, -0.15) is 0 Å². The fourth-order valence-electron chi connectivity index (χ4n) is 1.18. The van der Waals surface area contributed by atoms with Crippen LogP contribution in [-0.2, 0) is 0 Å². The lowest BCUT2D eigenvalue weighted by molar-refractivity contribution is 0.629. The van der Waals surface area contributed by atoms with Crippen molar-refractivity contribution in [2.24, 2.45) is 0 Å². The maximum Gasteiger partial charge on any atom is 0.142 e. The second kappa shape index (κ2) is 3.59. The standard InChI is InChI=1S/C10H7ClFNS/c11-8-2-1-6(3-9(8)12)7-4-10(13)14-5-7/h1-5H,13H2. The minimum absolute atomic E-state index is 0.136. The molecule has 2 rings (SSSR count). The van der Waals surface area contributed by atoms with Gasteiger partial charge < -0.3 is 5.73 Å². The second-order valence-corrected chi connectivity index (χ2v) is 4.22. The van der Waals surface area contributed by atoms with Crippen LogP contribution < -0.4 is 5.73 Å². The molecule has 4 heteroatoms. The molecule has 1 aromatic heterocycles. The number of nitrogens with two attached hydrogens (primary N) is 1. The van der Waals surface area contributed by atoms with E-state index >= 15 is 0 Å². The van der Waals surface area contributed by atoms with Crippen molar-refractivity contribution >= 4 is 27.9 Å². The topological polar surface area (TPSA) is 26.0 Å². The predicted octanol–water partition coefficient (Wildman–Crippen LogP) is 3.79. The summed E-state index contributed by atoms with van der Waals surface area (Å²) in [6, 6.07) is 6.53. The highest BCUT2D eigenvalue weighted by molar-refractivity contribution is 7.14. The van der Waals surface area contributed by atoms with E-state index in [1.165, 1.54) is 17.4 Å². The summed E-state index contributed by atoms with van der Waals surface area (Å²) in [7, 11) is 0. The Kier molecular flexibility index (Phi) is 2.44. The number of hydrogen-bond donors (Lipinski definition) is 1. The maximum atomic E-state index is 13.1. The average Bonchev–Trinajstić information content (AvgIpc) is 2.57. The quantitative estimate of drug-likeness (QED) is 0.788. The predicted molar refractivity (Wildman–Crippen MR) is 59.1 cm³/mol. The van der Waals surface area contributed by atoms with E-state index < -0.39 is 5.82 Å². The Bertz CT molecular complexity index is 467. The molecule has 14 heavy (non-hydrogen) atoms. The summed E-state index contributed by atoms with van der Waals surface area (Å²) in [5.74, 6) is -0.408. The Morgan fingerprint density at radius 1 is 1.21 bits per heavy atom. The Hall–Kier alpha value is -1.06. The van der Waals surface area contributed by atoms with E-state index in [0.29, 0.717) is 0 Å². The van der Waals surface area contributed by atoms with Crippen LogP contribution in [0.5, 0.6) is 0 Å². The van der Waals surface area contributed by atoms with Gasteiger partial charge in [-0.15, -0.1) is 11.3 Å². The monoisotopic (exact) mass is 227 g/mol. The molecule has 0 atom stereocenters. The van der Waals surface area contributed by atoms with Crippen molar-refractivity contribution in [2.45, 2.75) is 0 Å². The van der Waals surface area contributed by atoms with Crippen molar-refractivity contribution in [1.29, 1.82) is 0 Å². The van der Waals surface area contributed by atoms with Gasteiger partial charge in [0.05, 0.1) is 10.0 Å². The molecule has 0 radical (unpaired) electrons. The van der Waals surface area contributed by atoms with Gasteiger partial charge in [-0.05, 0) is 29.3 Å². The molecule has 0 fully saturated rings. The van der Waals surface area contributed by atoms with Gasteiger partial charge in [-0.1, -0.05) is 17.7 Å². The Morgan fingerprint density at radius 2 is 2.00 bits per heavy atom. The molecule has 1 heterocycles. The van der Waals surface area contributed by atoms with Gasteiger partial charge in [0.15, 0.2) is 0 Å². The van der Waals surface area contributed by atoms with Gasteiger partial charge >= 0.3 is 0 Å². The molecule has 0 spiro atoms. The molecule has 1 nitrogen and oxygen atoms in total. The van der Waals surface area contributed by atoms with Gasteiger partial charge in [0, 0.05) is 5.38 Å². The molecule has 1 aromatic carbocycles. The number of benzene rings is 1. The van der Waals surface area contributed by atoms with E-state index in [4.69, 9.17) is 17.3 Å². The first-order valence-corrected chi connectivity index (χ1v) is 5.22. The van der Waals surface area contributed by atoms with Crippen molar-refractivity contribution in [3.8, 4) is 11.1 Å². The SMILES string of the molecule is Nc1cc(-c2ccc(Cl)c(F)c2)cs1. The largest absolute Gasteiger partial charge is 0.391 e. The van der Waals surface area contributed by atoms with Gasteiger partial charge in [-0.25, -0.2) is 4.39 Å². The highest BCUT2D eigenvalue weighted by Crippen LogP contribution is 2.29. The summed E-state index contributed by atoms with van der Waals surface area (Å²) in [6.45, 7) is 0. The first-order valence-electron chi connectivity index (χ1n) is 3.96. The van der Waals surface area contributed by atoms with E-state index in [1.54, 1.807) is 12.1 Å². The summed E-state index contributed by atoms with van der Waals surface area (Å²) in [5, 5.41) is 2.74. The Labute approximate surface area is 89.9 Å². The molecule has 0 amide bonds. The van der Waals surface area contributed by atoms with Crippen molar-refractivity contribution in [2.75, 3.05) is 5.73 Å². The summed E-state index contributed by atoms with van der Waals surface area (Å²) < 4.78 is 13.1.